The Balaban J connectivity index is 1.90. The molecule has 0 saturated carbocycles. The Hall–Kier alpha value is -1.51. The summed E-state index contributed by atoms with van der Waals surface area (Å²) in [5, 5.41) is 12.3. The third kappa shape index (κ3) is 7.04. The molecule has 0 spiro atoms. The molecule has 0 aliphatic heterocycles. The van der Waals surface area contributed by atoms with Crippen LogP contribution >= 0.6 is 47.6 Å². The van der Waals surface area contributed by atoms with Crippen LogP contribution in [0.2, 0.25) is 10.0 Å². The average Bonchev–Trinajstić information content (AvgIpc) is 2.64. The fraction of sp³-hybridized carbons (Fsp3) is 0.300. The van der Waals surface area contributed by atoms with Crippen molar-refractivity contribution in [2.75, 3.05) is 0 Å². The van der Waals surface area contributed by atoms with Crippen molar-refractivity contribution in [2.45, 2.75) is 39.3 Å². The summed E-state index contributed by atoms with van der Waals surface area (Å²) in [6, 6.07) is 11.7. The minimum atomic E-state index is -0.693. The summed E-state index contributed by atoms with van der Waals surface area (Å²) >= 11 is 18.1. The molecular weight excluding hydrogens is 449 g/mol. The van der Waals surface area contributed by atoms with Crippen molar-refractivity contribution >= 4 is 58.7 Å². The Bertz CT molecular complexity index is 861. The van der Waals surface area contributed by atoms with E-state index in [2.05, 4.69) is 59.9 Å². The number of carbonyl (C=O) groups excluding carboxylic acids is 1. The van der Waals surface area contributed by atoms with Gasteiger partial charge in [-0.25, -0.2) is 9.93 Å². The zero-order valence-corrected chi connectivity index (χ0v) is 19.5. The standard InChI is InChI=1S/C20H23Cl2N3O2S2/c1-20(2,3)14-6-4-12(5-7-14)10-24-19(28)25-11-13-8-15(21)17(16(22)9-13)18(26)27-29-23/h4-9H,10-11,23H2,1-3H3,(H2,24,25,28). The second-order valence-electron chi connectivity index (χ2n) is 7.38. The van der Waals surface area contributed by atoms with Crippen LogP contribution in [0.4, 0.5) is 0 Å². The monoisotopic (exact) mass is 471 g/mol. The van der Waals surface area contributed by atoms with Crippen molar-refractivity contribution in [3.63, 3.8) is 0 Å². The van der Waals surface area contributed by atoms with Crippen molar-refractivity contribution in [2.24, 2.45) is 5.14 Å². The molecule has 0 atom stereocenters. The van der Waals surface area contributed by atoms with Gasteiger partial charge in [-0.05, 0) is 46.5 Å². The van der Waals surface area contributed by atoms with E-state index in [-0.39, 0.29) is 21.0 Å². The maximum atomic E-state index is 11.8. The summed E-state index contributed by atoms with van der Waals surface area (Å²) in [4.78, 5) is 11.8. The van der Waals surface area contributed by atoms with Crippen molar-refractivity contribution in [3.05, 3.63) is 68.7 Å². The second-order valence-corrected chi connectivity index (χ2v) is 8.97. The van der Waals surface area contributed by atoms with E-state index in [4.69, 9.17) is 40.6 Å². The van der Waals surface area contributed by atoms with Crippen molar-refractivity contribution in [3.8, 4) is 0 Å². The fourth-order valence-corrected chi connectivity index (χ4v) is 3.56. The van der Waals surface area contributed by atoms with Gasteiger partial charge in [0.25, 0.3) is 0 Å². The highest BCUT2D eigenvalue weighted by molar-refractivity contribution is 7.92. The lowest BCUT2D eigenvalue weighted by molar-refractivity contribution is 0.0768. The molecule has 2 rings (SSSR count). The van der Waals surface area contributed by atoms with Crippen molar-refractivity contribution in [1.29, 1.82) is 0 Å². The van der Waals surface area contributed by atoms with Crippen LogP contribution in [-0.2, 0) is 22.7 Å². The number of halogens is 2. The molecule has 0 fully saturated rings. The molecule has 0 unspecified atom stereocenters. The van der Waals surface area contributed by atoms with E-state index in [1.165, 1.54) is 5.56 Å². The smallest absolute Gasteiger partial charge is 0.354 e. The summed E-state index contributed by atoms with van der Waals surface area (Å²) < 4.78 is 4.67. The third-order valence-electron chi connectivity index (χ3n) is 4.16. The van der Waals surface area contributed by atoms with E-state index in [9.17, 15) is 4.79 Å². The van der Waals surface area contributed by atoms with E-state index >= 15 is 0 Å². The van der Waals surface area contributed by atoms with Gasteiger partial charge in [0, 0.05) is 13.1 Å². The fourth-order valence-electron chi connectivity index (χ4n) is 2.56. The quantitative estimate of drug-likeness (QED) is 0.306. The van der Waals surface area contributed by atoms with Gasteiger partial charge >= 0.3 is 5.97 Å². The maximum Gasteiger partial charge on any atom is 0.354 e. The van der Waals surface area contributed by atoms with E-state index in [1.807, 2.05) is 0 Å². The summed E-state index contributed by atoms with van der Waals surface area (Å²) in [5.41, 5.74) is 3.40. The molecule has 0 aromatic heterocycles. The van der Waals surface area contributed by atoms with Crippen LogP contribution in [0.5, 0.6) is 0 Å². The normalized spacial score (nSPS) is 11.1. The Morgan fingerprint density at radius 2 is 1.59 bits per heavy atom. The van der Waals surface area contributed by atoms with Gasteiger partial charge in [-0.2, -0.15) is 0 Å². The van der Waals surface area contributed by atoms with Crippen molar-refractivity contribution in [1.82, 2.24) is 10.6 Å². The summed E-state index contributed by atoms with van der Waals surface area (Å²) in [5.74, 6) is -0.693. The van der Waals surface area contributed by atoms with Gasteiger partial charge in [-0.15, -0.1) is 0 Å². The molecule has 0 saturated heterocycles. The molecule has 0 heterocycles. The molecule has 2 aromatic carbocycles. The van der Waals surface area contributed by atoms with E-state index in [0.29, 0.717) is 30.4 Å². The van der Waals surface area contributed by atoms with Crippen LogP contribution < -0.4 is 15.8 Å². The number of nitrogens with one attached hydrogen (secondary N) is 2. The predicted molar refractivity (Wildman–Crippen MR) is 125 cm³/mol. The number of hydrogen-bond donors (Lipinski definition) is 3. The first kappa shape index (κ1) is 23.8. The molecule has 4 N–H and O–H groups in total. The van der Waals surface area contributed by atoms with Crippen LogP contribution in [0.3, 0.4) is 0 Å². The molecule has 29 heavy (non-hydrogen) atoms. The van der Waals surface area contributed by atoms with Crippen LogP contribution in [-0.4, -0.2) is 11.1 Å². The molecule has 0 radical (unpaired) electrons. The van der Waals surface area contributed by atoms with Crippen molar-refractivity contribution < 1.29 is 8.98 Å². The summed E-state index contributed by atoms with van der Waals surface area (Å²) in [7, 11) is 0. The number of hydrogen-bond acceptors (Lipinski definition) is 5. The number of nitrogens with two attached hydrogens (primary N) is 1. The first-order valence-electron chi connectivity index (χ1n) is 8.78. The average molecular weight is 472 g/mol. The van der Waals surface area contributed by atoms with Crippen LogP contribution in [0, 0.1) is 0 Å². The van der Waals surface area contributed by atoms with Crippen LogP contribution in [0.1, 0.15) is 47.8 Å². The Labute approximate surface area is 191 Å². The van der Waals surface area contributed by atoms with Crippen LogP contribution in [0.15, 0.2) is 36.4 Å². The number of carbonyl (C=O) groups is 1. The molecular formula is C20H23Cl2N3O2S2. The minimum absolute atomic E-state index is 0.0782. The highest BCUT2D eigenvalue weighted by Gasteiger charge is 2.18. The summed E-state index contributed by atoms with van der Waals surface area (Å²) in [6.45, 7) is 7.56. The number of rotatable bonds is 6. The van der Waals surface area contributed by atoms with E-state index in [1.54, 1.807) is 12.1 Å². The first-order chi connectivity index (χ1) is 13.6. The SMILES string of the molecule is CC(C)(C)c1ccc(CNC(=S)NCc2cc(Cl)c(C(=O)OSN)c(Cl)c2)cc1. The molecule has 156 valence electrons. The second kappa shape index (κ2) is 10.5. The molecule has 0 amide bonds. The van der Waals surface area contributed by atoms with Gasteiger partial charge in [-0.3, -0.25) is 0 Å². The summed E-state index contributed by atoms with van der Waals surface area (Å²) in [6.07, 6.45) is 0. The van der Waals surface area contributed by atoms with Gasteiger partial charge in [0.1, 0.15) is 12.2 Å². The molecule has 0 aliphatic rings. The zero-order chi connectivity index (χ0) is 21.6. The van der Waals surface area contributed by atoms with Gasteiger partial charge in [0.05, 0.1) is 15.6 Å². The zero-order valence-electron chi connectivity index (χ0n) is 16.3. The van der Waals surface area contributed by atoms with Gasteiger partial charge in [0.2, 0.25) is 0 Å². The molecule has 5 nitrogen and oxygen atoms in total. The lowest BCUT2D eigenvalue weighted by Crippen LogP contribution is -2.34. The topological polar surface area (TPSA) is 76.4 Å². The highest BCUT2D eigenvalue weighted by atomic mass is 35.5. The predicted octanol–water partition coefficient (Wildman–Crippen LogP) is 5.13. The number of thiocarbonyl (C=S) groups is 1. The largest absolute Gasteiger partial charge is 0.371 e. The Morgan fingerprint density at radius 3 is 2.07 bits per heavy atom. The Kier molecular flexibility index (Phi) is 8.60. The van der Waals surface area contributed by atoms with Gasteiger partial charge < -0.3 is 14.8 Å². The van der Waals surface area contributed by atoms with E-state index < -0.39 is 5.97 Å². The lowest BCUT2D eigenvalue weighted by atomic mass is 9.87. The first-order valence-corrected chi connectivity index (χ1v) is 10.8. The van der Waals surface area contributed by atoms with Gasteiger partial charge in [-0.1, -0.05) is 68.2 Å². The lowest BCUT2D eigenvalue weighted by Gasteiger charge is -2.19. The minimum Gasteiger partial charge on any atom is -0.371 e. The van der Waals surface area contributed by atoms with Crippen LogP contribution in [0.25, 0.3) is 0 Å². The highest BCUT2D eigenvalue weighted by Crippen LogP contribution is 2.28. The van der Waals surface area contributed by atoms with E-state index in [0.717, 1.165) is 11.1 Å². The third-order valence-corrected chi connectivity index (χ3v) is 5.29. The maximum absolute atomic E-state index is 11.8. The molecule has 0 bridgehead atoms. The molecule has 2 aromatic rings. The molecule has 0 aliphatic carbocycles. The van der Waals surface area contributed by atoms with Gasteiger partial charge in [0.15, 0.2) is 5.11 Å². The molecule has 9 heteroatoms. The Morgan fingerprint density at radius 1 is 1.07 bits per heavy atom. The number of benzene rings is 2.